The second-order valence-corrected chi connectivity index (χ2v) is 4.18. The molecule has 0 unspecified atom stereocenters. The highest BCUT2D eigenvalue weighted by Crippen LogP contribution is 2.28. The fourth-order valence-electron chi connectivity index (χ4n) is 1.10. The molecule has 0 atom stereocenters. The molecule has 70 valence electrons. The van der Waals surface area contributed by atoms with Crippen LogP contribution in [0.3, 0.4) is 0 Å². The summed E-state index contributed by atoms with van der Waals surface area (Å²) < 4.78 is 0. The second-order valence-electron chi connectivity index (χ2n) is 3.29. The summed E-state index contributed by atoms with van der Waals surface area (Å²) in [6.07, 6.45) is 3.73. The van der Waals surface area contributed by atoms with Crippen molar-refractivity contribution in [3.63, 3.8) is 0 Å². The summed E-state index contributed by atoms with van der Waals surface area (Å²) in [5.41, 5.74) is 2.65. The van der Waals surface area contributed by atoms with Crippen molar-refractivity contribution < 1.29 is 0 Å². The standard InChI is InChI=1S/C11H15NS/c1-5-12-11-10(6-7-13-11)9(4)8(2)3/h5-8H,1H2,2-4H3/b10-9+,12-11?. The summed E-state index contributed by atoms with van der Waals surface area (Å²) >= 11 is 1.66. The van der Waals surface area contributed by atoms with Gasteiger partial charge in [0.15, 0.2) is 0 Å². The van der Waals surface area contributed by atoms with E-state index in [-0.39, 0.29) is 0 Å². The highest BCUT2D eigenvalue weighted by molar-refractivity contribution is 8.17. The number of hydrogen-bond donors (Lipinski definition) is 0. The molecule has 13 heavy (non-hydrogen) atoms. The zero-order chi connectivity index (χ0) is 9.84. The summed E-state index contributed by atoms with van der Waals surface area (Å²) in [4.78, 5) is 4.23. The van der Waals surface area contributed by atoms with Gasteiger partial charge in [0.25, 0.3) is 0 Å². The minimum absolute atomic E-state index is 0.577. The average Bonchev–Trinajstić information content (AvgIpc) is 2.52. The molecule has 0 saturated carbocycles. The van der Waals surface area contributed by atoms with Crippen LogP contribution in [0.2, 0.25) is 0 Å². The molecule has 0 radical (unpaired) electrons. The van der Waals surface area contributed by atoms with E-state index in [1.807, 2.05) is 0 Å². The van der Waals surface area contributed by atoms with Gasteiger partial charge in [-0.15, -0.1) is 0 Å². The van der Waals surface area contributed by atoms with E-state index in [4.69, 9.17) is 0 Å². The third kappa shape index (κ3) is 2.34. The topological polar surface area (TPSA) is 12.4 Å². The number of thioether (sulfide) groups is 1. The van der Waals surface area contributed by atoms with E-state index in [0.29, 0.717) is 5.92 Å². The maximum Gasteiger partial charge on any atom is 0.107 e. The van der Waals surface area contributed by atoms with Crippen LogP contribution in [0.4, 0.5) is 0 Å². The predicted octanol–water partition coefficient (Wildman–Crippen LogP) is 3.76. The second kappa shape index (κ2) is 4.47. The Morgan fingerprint density at radius 1 is 1.62 bits per heavy atom. The molecule has 1 aliphatic heterocycles. The molecule has 0 N–H and O–H groups in total. The maximum absolute atomic E-state index is 4.23. The normalized spacial score (nSPS) is 22.9. The van der Waals surface area contributed by atoms with Crippen molar-refractivity contribution in [2.75, 3.05) is 0 Å². The first-order chi connectivity index (χ1) is 6.16. The number of aliphatic imine (C=N–C) groups is 1. The van der Waals surface area contributed by atoms with Crippen molar-refractivity contribution in [1.82, 2.24) is 0 Å². The molecule has 0 aromatic carbocycles. The van der Waals surface area contributed by atoms with Crippen LogP contribution < -0.4 is 0 Å². The molecule has 1 nitrogen and oxygen atoms in total. The quantitative estimate of drug-likeness (QED) is 0.650. The molecule has 1 rings (SSSR count). The van der Waals surface area contributed by atoms with E-state index in [0.717, 1.165) is 5.04 Å². The van der Waals surface area contributed by atoms with E-state index in [9.17, 15) is 0 Å². The Balaban J connectivity index is 3.03. The molecule has 1 heterocycles. The van der Waals surface area contributed by atoms with Crippen molar-refractivity contribution in [3.8, 4) is 0 Å². The van der Waals surface area contributed by atoms with Crippen LogP contribution in [-0.4, -0.2) is 5.04 Å². The van der Waals surface area contributed by atoms with Gasteiger partial charge >= 0.3 is 0 Å². The zero-order valence-corrected chi connectivity index (χ0v) is 9.19. The van der Waals surface area contributed by atoms with Gasteiger partial charge in [0.1, 0.15) is 5.04 Å². The number of nitrogens with zero attached hydrogens (tertiary/aromatic N) is 1. The Hall–Kier alpha value is -0.760. The monoisotopic (exact) mass is 193 g/mol. The predicted molar refractivity (Wildman–Crippen MR) is 61.9 cm³/mol. The molecule has 0 fully saturated rings. The van der Waals surface area contributed by atoms with Crippen LogP contribution in [0, 0.1) is 5.92 Å². The van der Waals surface area contributed by atoms with Crippen LogP contribution >= 0.6 is 11.8 Å². The number of rotatable bonds is 2. The molecule has 0 spiro atoms. The molecule has 0 aromatic heterocycles. The summed E-state index contributed by atoms with van der Waals surface area (Å²) in [5, 5.41) is 3.14. The van der Waals surface area contributed by atoms with Crippen LogP contribution in [0.15, 0.2) is 40.4 Å². The molecule has 0 amide bonds. The molecule has 0 bridgehead atoms. The van der Waals surface area contributed by atoms with Crippen molar-refractivity contribution >= 4 is 16.8 Å². The minimum atomic E-state index is 0.577. The average molecular weight is 193 g/mol. The van der Waals surface area contributed by atoms with Gasteiger partial charge in [-0.3, -0.25) is 0 Å². The Morgan fingerprint density at radius 2 is 2.31 bits per heavy atom. The van der Waals surface area contributed by atoms with E-state index >= 15 is 0 Å². The lowest BCUT2D eigenvalue weighted by Crippen LogP contribution is -1.99. The maximum atomic E-state index is 4.23. The first kappa shape index (κ1) is 10.3. The number of hydrogen-bond acceptors (Lipinski definition) is 2. The van der Waals surface area contributed by atoms with Gasteiger partial charge in [-0.1, -0.05) is 37.8 Å². The Labute approximate surface area is 84.3 Å². The van der Waals surface area contributed by atoms with Gasteiger partial charge < -0.3 is 0 Å². The molecule has 0 aliphatic carbocycles. The molecular weight excluding hydrogens is 178 g/mol. The zero-order valence-electron chi connectivity index (χ0n) is 8.37. The van der Waals surface area contributed by atoms with Crippen LogP contribution in [0.1, 0.15) is 20.8 Å². The van der Waals surface area contributed by atoms with Crippen LogP contribution in [-0.2, 0) is 0 Å². The van der Waals surface area contributed by atoms with Crippen LogP contribution in [0.25, 0.3) is 0 Å². The lowest BCUT2D eigenvalue weighted by Gasteiger charge is -2.08. The Kier molecular flexibility index (Phi) is 3.55. The van der Waals surface area contributed by atoms with Crippen molar-refractivity contribution in [2.45, 2.75) is 20.8 Å². The number of allylic oxidation sites excluding steroid dienone is 2. The van der Waals surface area contributed by atoms with Gasteiger partial charge in [-0.2, -0.15) is 0 Å². The molecule has 1 aliphatic rings. The fourth-order valence-corrected chi connectivity index (χ4v) is 1.92. The summed E-state index contributed by atoms with van der Waals surface area (Å²) in [7, 11) is 0. The van der Waals surface area contributed by atoms with Gasteiger partial charge in [0, 0.05) is 11.8 Å². The Bertz CT molecular complexity index is 295. The van der Waals surface area contributed by atoms with Gasteiger partial charge in [0.2, 0.25) is 0 Å². The molecule has 0 saturated heterocycles. The first-order valence-electron chi connectivity index (χ1n) is 4.40. The largest absolute Gasteiger partial charge is 0.250 e. The lowest BCUT2D eigenvalue weighted by atomic mass is 9.99. The molecule has 2 heteroatoms. The third-order valence-electron chi connectivity index (χ3n) is 2.14. The van der Waals surface area contributed by atoms with E-state index in [1.165, 1.54) is 11.1 Å². The van der Waals surface area contributed by atoms with E-state index < -0.39 is 0 Å². The summed E-state index contributed by atoms with van der Waals surface area (Å²) in [5.74, 6) is 0.577. The SMILES string of the molecule is C=CN=C1SC=C/C1=C(/C)C(C)C. The summed E-state index contributed by atoms with van der Waals surface area (Å²) in [6.45, 7) is 10.2. The van der Waals surface area contributed by atoms with Gasteiger partial charge in [-0.05, 0) is 24.3 Å². The highest BCUT2D eigenvalue weighted by atomic mass is 32.2. The van der Waals surface area contributed by atoms with E-state index in [2.05, 4.69) is 43.8 Å². The lowest BCUT2D eigenvalue weighted by molar-refractivity contribution is 0.766. The minimum Gasteiger partial charge on any atom is -0.250 e. The fraction of sp³-hybridized carbons (Fsp3) is 0.364. The van der Waals surface area contributed by atoms with Crippen molar-refractivity contribution in [2.24, 2.45) is 10.9 Å². The smallest absolute Gasteiger partial charge is 0.107 e. The van der Waals surface area contributed by atoms with Gasteiger partial charge in [0.05, 0.1) is 0 Å². The highest BCUT2D eigenvalue weighted by Gasteiger charge is 2.14. The molecular formula is C11H15NS. The van der Waals surface area contributed by atoms with Gasteiger partial charge in [-0.25, -0.2) is 4.99 Å². The Morgan fingerprint density at radius 3 is 2.85 bits per heavy atom. The van der Waals surface area contributed by atoms with Crippen LogP contribution in [0.5, 0.6) is 0 Å². The summed E-state index contributed by atoms with van der Waals surface area (Å²) in [6, 6.07) is 0. The van der Waals surface area contributed by atoms with Crippen molar-refractivity contribution in [1.29, 1.82) is 0 Å². The molecule has 0 aromatic rings. The van der Waals surface area contributed by atoms with E-state index in [1.54, 1.807) is 18.0 Å². The van der Waals surface area contributed by atoms with Crippen molar-refractivity contribution in [3.05, 3.63) is 35.4 Å². The third-order valence-corrected chi connectivity index (χ3v) is 2.96. The first-order valence-corrected chi connectivity index (χ1v) is 5.27.